The summed E-state index contributed by atoms with van der Waals surface area (Å²) in [6.07, 6.45) is 50.6. The molecule has 0 rings (SSSR count). The fraction of sp³-hybridized carbons (Fsp3) is 0.878. The third-order valence-electron chi connectivity index (χ3n) is 10.8. The Morgan fingerprint density at radius 2 is 0.831 bits per heavy atom. The first-order chi connectivity index (χ1) is 28.8. The highest BCUT2D eigenvalue weighted by atomic mass is 31.2. The summed E-state index contributed by atoms with van der Waals surface area (Å²) >= 11 is 0. The van der Waals surface area contributed by atoms with Gasteiger partial charge in [0, 0.05) is 19.4 Å². The molecule has 0 amide bonds. The quantitative estimate of drug-likeness (QED) is 0.0265. The highest BCUT2D eigenvalue weighted by Crippen LogP contribution is 2.43. The predicted molar refractivity (Wildman–Crippen MR) is 247 cm³/mol. The topological polar surface area (TPSA) is 134 Å². The summed E-state index contributed by atoms with van der Waals surface area (Å²) in [7, 11) is -4.38. The van der Waals surface area contributed by atoms with E-state index in [0.29, 0.717) is 6.42 Å². The zero-order chi connectivity index (χ0) is 43.2. The number of ether oxygens (including phenoxy) is 2. The van der Waals surface area contributed by atoms with Gasteiger partial charge in [-0.2, -0.15) is 0 Å². The lowest BCUT2D eigenvalue weighted by Gasteiger charge is -2.19. The number of esters is 2. The Morgan fingerprint density at radius 3 is 1.22 bits per heavy atom. The highest BCUT2D eigenvalue weighted by molar-refractivity contribution is 7.47. The minimum atomic E-state index is -4.38. The van der Waals surface area contributed by atoms with Gasteiger partial charge in [0.1, 0.15) is 6.61 Å². The van der Waals surface area contributed by atoms with Crippen LogP contribution < -0.4 is 5.73 Å². The molecule has 0 heterocycles. The van der Waals surface area contributed by atoms with Crippen molar-refractivity contribution in [2.75, 3.05) is 26.4 Å². The summed E-state index contributed by atoms with van der Waals surface area (Å²) in [6, 6.07) is 0. The van der Waals surface area contributed by atoms with E-state index < -0.39 is 26.5 Å². The fourth-order valence-electron chi connectivity index (χ4n) is 7.10. The minimum Gasteiger partial charge on any atom is -0.462 e. The van der Waals surface area contributed by atoms with Crippen LogP contribution in [0.3, 0.4) is 0 Å². The molecule has 348 valence electrons. The zero-order valence-electron chi connectivity index (χ0n) is 38.5. The van der Waals surface area contributed by atoms with E-state index in [1.165, 1.54) is 173 Å². The molecule has 0 aromatic carbocycles. The van der Waals surface area contributed by atoms with Crippen LogP contribution in [0.15, 0.2) is 24.3 Å². The monoisotopic (exact) mass is 856 g/mol. The van der Waals surface area contributed by atoms with Crippen molar-refractivity contribution >= 4 is 19.8 Å². The third kappa shape index (κ3) is 45.8. The van der Waals surface area contributed by atoms with Crippen molar-refractivity contribution in [2.24, 2.45) is 5.73 Å². The summed E-state index contributed by atoms with van der Waals surface area (Å²) in [5.74, 6) is -0.821. The highest BCUT2D eigenvalue weighted by Gasteiger charge is 2.26. The van der Waals surface area contributed by atoms with Crippen LogP contribution in [0.2, 0.25) is 0 Å². The molecule has 0 saturated carbocycles. The van der Waals surface area contributed by atoms with Crippen molar-refractivity contribution in [1.82, 2.24) is 0 Å². The number of hydrogen-bond acceptors (Lipinski definition) is 8. The molecule has 0 bridgehead atoms. The standard InChI is InChI=1S/C49H94NO8P/c1-3-5-7-9-11-13-15-17-19-21-22-23-24-26-28-30-32-34-36-38-40-42-49(52)58-47(46-57-59(53,54)56-44-43-50)45-55-48(51)41-39-37-35-33-31-29-27-25-20-18-16-14-12-10-8-6-4-2/h14,16-17,19,47H,3-13,15,18,20-46,50H2,1-2H3,(H,53,54)/b16-14+,19-17+/t47-/m1/s1. The number of unbranched alkanes of at least 4 members (excludes halogenated alkanes) is 30. The first kappa shape index (κ1) is 57.5. The van der Waals surface area contributed by atoms with Gasteiger partial charge in [0.25, 0.3) is 0 Å². The van der Waals surface area contributed by atoms with Crippen molar-refractivity contribution in [1.29, 1.82) is 0 Å². The van der Waals surface area contributed by atoms with E-state index in [1.54, 1.807) is 0 Å². The Morgan fingerprint density at radius 1 is 0.492 bits per heavy atom. The molecule has 0 aliphatic carbocycles. The molecule has 0 aliphatic heterocycles. The van der Waals surface area contributed by atoms with Gasteiger partial charge in [0.05, 0.1) is 13.2 Å². The lowest BCUT2D eigenvalue weighted by atomic mass is 10.0. The summed E-state index contributed by atoms with van der Waals surface area (Å²) in [5, 5.41) is 0. The van der Waals surface area contributed by atoms with Crippen molar-refractivity contribution in [3.8, 4) is 0 Å². The van der Waals surface area contributed by atoms with E-state index in [2.05, 4.69) is 38.2 Å². The Bertz CT molecular complexity index is 1020. The zero-order valence-corrected chi connectivity index (χ0v) is 39.4. The smallest absolute Gasteiger partial charge is 0.462 e. The van der Waals surface area contributed by atoms with Crippen LogP contribution in [0.5, 0.6) is 0 Å². The molecule has 2 atom stereocenters. The molecule has 0 radical (unpaired) electrons. The second kappa shape index (κ2) is 46.0. The number of carbonyl (C=O) groups excluding carboxylic acids is 2. The normalized spacial score (nSPS) is 13.4. The van der Waals surface area contributed by atoms with Gasteiger partial charge in [0.15, 0.2) is 6.10 Å². The number of allylic oxidation sites excluding steroid dienone is 4. The maximum absolute atomic E-state index is 12.6. The van der Waals surface area contributed by atoms with E-state index in [0.717, 1.165) is 38.5 Å². The molecule has 0 aromatic rings. The van der Waals surface area contributed by atoms with E-state index >= 15 is 0 Å². The molecule has 3 N–H and O–H groups in total. The van der Waals surface area contributed by atoms with Gasteiger partial charge in [-0.05, 0) is 64.2 Å². The van der Waals surface area contributed by atoms with Gasteiger partial charge in [-0.25, -0.2) is 4.57 Å². The van der Waals surface area contributed by atoms with Gasteiger partial charge in [-0.3, -0.25) is 18.6 Å². The van der Waals surface area contributed by atoms with Gasteiger partial charge in [0.2, 0.25) is 0 Å². The van der Waals surface area contributed by atoms with Crippen LogP contribution in [-0.4, -0.2) is 49.3 Å². The molecule has 59 heavy (non-hydrogen) atoms. The summed E-state index contributed by atoms with van der Waals surface area (Å²) in [4.78, 5) is 35.0. The SMILES string of the molecule is CCCCCC/C=C/CCCCCCCCCCCC(=O)OC[C@H](COP(=O)(O)OCCN)OC(=O)CCCCCCCCCCCCC/C=C/CCCCCCCC. The summed E-state index contributed by atoms with van der Waals surface area (Å²) in [6.45, 7) is 3.75. The Balaban J connectivity index is 4.04. The number of phosphoric ester groups is 1. The number of nitrogens with two attached hydrogens (primary N) is 1. The maximum atomic E-state index is 12.6. The minimum absolute atomic E-state index is 0.0546. The average Bonchev–Trinajstić information content (AvgIpc) is 3.22. The van der Waals surface area contributed by atoms with Gasteiger partial charge >= 0.3 is 19.8 Å². The van der Waals surface area contributed by atoms with E-state index in [4.69, 9.17) is 24.3 Å². The maximum Gasteiger partial charge on any atom is 0.472 e. The van der Waals surface area contributed by atoms with Crippen molar-refractivity contribution in [2.45, 2.75) is 251 Å². The van der Waals surface area contributed by atoms with Crippen LogP contribution in [0, 0.1) is 0 Å². The molecule has 0 aromatic heterocycles. The first-order valence-corrected chi connectivity index (χ1v) is 26.3. The van der Waals surface area contributed by atoms with Crippen molar-refractivity contribution < 1.29 is 37.6 Å². The van der Waals surface area contributed by atoms with E-state index in [-0.39, 0.29) is 38.6 Å². The fourth-order valence-corrected chi connectivity index (χ4v) is 7.86. The number of carbonyl (C=O) groups is 2. The van der Waals surface area contributed by atoms with Crippen molar-refractivity contribution in [3.05, 3.63) is 24.3 Å². The molecule has 0 aliphatic rings. The Kier molecular flexibility index (Phi) is 44.8. The number of rotatable bonds is 47. The van der Waals surface area contributed by atoms with Crippen LogP contribution in [0.4, 0.5) is 0 Å². The van der Waals surface area contributed by atoms with Gasteiger partial charge in [-0.15, -0.1) is 0 Å². The molecule has 9 nitrogen and oxygen atoms in total. The summed E-state index contributed by atoms with van der Waals surface area (Å²) < 4.78 is 32.9. The molecular weight excluding hydrogens is 762 g/mol. The van der Waals surface area contributed by atoms with Crippen LogP contribution >= 0.6 is 7.82 Å². The molecular formula is C49H94NO8P. The van der Waals surface area contributed by atoms with Crippen LogP contribution in [-0.2, 0) is 32.7 Å². The van der Waals surface area contributed by atoms with Crippen LogP contribution in [0.1, 0.15) is 245 Å². The van der Waals surface area contributed by atoms with E-state index in [1.807, 2.05) is 0 Å². The Hall–Kier alpha value is -1.51. The lowest BCUT2D eigenvalue weighted by molar-refractivity contribution is -0.161. The average molecular weight is 856 g/mol. The van der Waals surface area contributed by atoms with Crippen LogP contribution in [0.25, 0.3) is 0 Å². The number of phosphoric acid groups is 1. The molecule has 0 fully saturated rings. The van der Waals surface area contributed by atoms with Gasteiger partial charge in [-0.1, -0.05) is 192 Å². The largest absolute Gasteiger partial charge is 0.472 e. The second-order valence-corrected chi connectivity index (χ2v) is 18.1. The molecule has 10 heteroatoms. The van der Waals surface area contributed by atoms with E-state index in [9.17, 15) is 19.0 Å². The molecule has 0 saturated heterocycles. The van der Waals surface area contributed by atoms with Crippen molar-refractivity contribution in [3.63, 3.8) is 0 Å². The first-order valence-electron chi connectivity index (χ1n) is 24.8. The predicted octanol–water partition coefficient (Wildman–Crippen LogP) is 14.7. The lowest BCUT2D eigenvalue weighted by Crippen LogP contribution is -2.29. The Labute approximate surface area is 363 Å². The molecule has 0 spiro atoms. The summed E-state index contributed by atoms with van der Waals surface area (Å²) in [5.41, 5.74) is 5.36. The number of hydrogen-bond donors (Lipinski definition) is 2. The molecule has 1 unspecified atom stereocenters. The second-order valence-electron chi connectivity index (χ2n) is 16.7. The van der Waals surface area contributed by atoms with Gasteiger partial charge < -0.3 is 20.1 Å². The third-order valence-corrected chi connectivity index (χ3v) is 11.8.